The zero-order valence-electron chi connectivity index (χ0n) is 9.97. The first-order chi connectivity index (χ1) is 9.31. The third-order valence-corrected chi connectivity index (χ3v) is 2.64. The summed E-state index contributed by atoms with van der Waals surface area (Å²) in [5, 5.41) is 4.05. The fraction of sp³-hybridized carbons (Fsp3) is 0. The van der Waals surface area contributed by atoms with Crippen LogP contribution in [0.4, 0.5) is 10.3 Å². The molecule has 0 saturated carbocycles. The molecular formula is C14H11FN4. The van der Waals surface area contributed by atoms with Gasteiger partial charge in [0.05, 0.1) is 17.2 Å². The van der Waals surface area contributed by atoms with Crippen molar-refractivity contribution in [3.8, 4) is 0 Å². The van der Waals surface area contributed by atoms with Crippen LogP contribution in [0, 0.1) is 5.82 Å². The second-order valence-corrected chi connectivity index (χ2v) is 4.02. The first-order valence-electron chi connectivity index (χ1n) is 5.81. The van der Waals surface area contributed by atoms with Gasteiger partial charge in [0, 0.05) is 0 Å². The van der Waals surface area contributed by atoms with Gasteiger partial charge in [0.1, 0.15) is 5.82 Å². The Morgan fingerprint density at radius 2 is 1.89 bits per heavy atom. The van der Waals surface area contributed by atoms with E-state index in [-0.39, 0.29) is 5.82 Å². The smallest absolute Gasteiger partial charge is 0.222 e. The maximum absolute atomic E-state index is 12.7. The number of hydrogen-bond acceptors (Lipinski definition) is 3. The molecule has 0 aliphatic carbocycles. The fourth-order valence-electron chi connectivity index (χ4n) is 1.72. The number of nitrogens with zero attached hydrogens (tertiary/aromatic N) is 2. The number of rotatable bonds is 3. The molecule has 3 aromatic rings. The fourth-order valence-corrected chi connectivity index (χ4v) is 1.72. The molecule has 94 valence electrons. The third kappa shape index (κ3) is 2.60. The van der Waals surface area contributed by atoms with E-state index < -0.39 is 0 Å². The van der Waals surface area contributed by atoms with E-state index in [0.29, 0.717) is 5.95 Å². The minimum absolute atomic E-state index is 0.262. The van der Waals surface area contributed by atoms with Crippen LogP contribution < -0.4 is 5.43 Å². The number of aromatic nitrogens is 2. The molecule has 5 heteroatoms. The van der Waals surface area contributed by atoms with Crippen molar-refractivity contribution < 1.29 is 4.39 Å². The molecule has 0 fully saturated rings. The predicted molar refractivity (Wildman–Crippen MR) is 73.7 cm³/mol. The van der Waals surface area contributed by atoms with Crippen LogP contribution in [0.15, 0.2) is 53.6 Å². The molecule has 2 N–H and O–H groups in total. The van der Waals surface area contributed by atoms with Crippen LogP contribution in [0.2, 0.25) is 0 Å². The van der Waals surface area contributed by atoms with Gasteiger partial charge in [-0.15, -0.1) is 0 Å². The maximum atomic E-state index is 12.7. The van der Waals surface area contributed by atoms with Crippen LogP contribution in [0.5, 0.6) is 0 Å². The molecule has 0 unspecified atom stereocenters. The molecule has 1 aromatic heterocycles. The van der Waals surface area contributed by atoms with E-state index in [1.54, 1.807) is 18.3 Å². The highest BCUT2D eigenvalue weighted by Crippen LogP contribution is 2.12. The highest BCUT2D eigenvalue weighted by Gasteiger charge is 1.99. The molecule has 1 heterocycles. The van der Waals surface area contributed by atoms with Crippen LogP contribution in [0.1, 0.15) is 5.56 Å². The first kappa shape index (κ1) is 11.4. The van der Waals surface area contributed by atoms with E-state index in [1.165, 1.54) is 12.1 Å². The van der Waals surface area contributed by atoms with Crippen LogP contribution in [-0.2, 0) is 0 Å². The Bertz CT molecular complexity index is 683. The summed E-state index contributed by atoms with van der Waals surface area (Å²) in [5.74, 6) is 0.307. The largest absolute Gasteiger partial charge is 0.323 e. The Morgan fingerprint density at radius 1 is 1.11 bits per heavy atom. The number of hydrogen-bond donors (Lipinski definition) is 2. The lowest BCUT2D eigenvalue weighted by atomic mass is 10.2. The van der Waals surface area contributed by atoms with Gasteiger partial charge < -0.3 is 4.98 Å². The number of fused-ring (bicyclic) bond motifs is 1. The summed E-state index contributed by atoms with van der Waals surface area (Å²) in [6.07, 6.45) is 1.60. The number of nitrogens with one attached hydrogen (secondary N) is 2. The second kappa shape index (κ2) is 4.89. The summed E-state index contributed by atoms with van der Waals surface area (Å²) in [5.41, 5.74) is 5.44. The number of para-hydroxylation sites is 2. The van der Waals surface area contributed by atoms with E-state index in [4.69, 9.17) is 0 Å². The Balaban J connectivity index is 1.73. The quantitative estimate of drug-likeness (QED) is 0.557. The van der Waals surface area contributed by atoms with Crippen molar-refractivity contribution in [2.75, 3.05) is 5.43 Å². The lowest BCUT2D eigenvalue weighted by Gasteiger charge is -1.94. The van der Waals surface area contributed by atoms with E-state index in [1.807, 2.05) is 24.3 Å². The lowest BCUT2D eigenvalue weighted by molar-refractivity contribution is 0.628. The third-order valence-electron chi connectivity index (χ3n) is 2.64. The average Bonchev–Trinajstić information content (AvgIpc) is 2.83. The van der Waals surface area contributed by atoms with Crippen molar-refractivity contribution in [2.45, 2.75) is 0 Å². The number of imidazole rings is 1. The normalized spacial score (nSPS) is 11.2. The van der Waals surface area contributed by atoms with Crippen LogP contribution >= 0.6 is 0 Å². The van der Waals surface area contributed by atoms with Gasteiger partial charge in [-0.05, 0) is 29.8 Å². The molecule has 0 radical (unpaired) electrons. The monoisotopic (exact) mass is 254 g/mol. The molecule has 0 aliphatic rings. The molecule has 4 nitrogen and oxygen atoms in total. The molecule has 19 heavy (non-hydrogen) atoms. The van der Waals surface area contributed by atoms with Crippen molar-refractivity contribution in [1.29, 1.82) is 0 Å². The molecule has 0 atom stereocenters. The lowest BCUT2D eigenvalue weighted by Crippen LogP contribution is -1.92. The topological polar surface area (TPSA) is 53.1 Å². The molecule has 0 amide bonds. The van der Waals surface area contributed by atoms with E-state index in [0.717, 1.165) is 16.6 Å². The Kier molecular flexibility index (Phi) is 2.94. The number of benzene rings is 2. The van der Waals surface area contributed by atoms with Crippen molar-refractivity contribution in [1.82, 2.24) is 9.97 Å². The summed E-state index contributed by atoms with van der Waals surface area (Å²) in [6.45, 7) is 0. The predicted octanol–water partition coefficient (Wildman–Crippen LogP) is 3.15. The van der Waals surface area contributed by atoms with Gasteiger partial charge in [0.15, 0.2) is 0 Å². The van der Waals surface area contributed by atoms with Crippen molar-refractivity contribution >= 4 is 23.2 Å². The zero-order chi connectivity index (χ0) is 13.1. The van der Waals surface area contributed by atoms with Gasteiger partial charge in [-0.1, -0.05) is 24.3 Å². The summed E-state index contributed by atoms with van der Waals surface area (Å²) in [4.78, 5) is 7.41. The van der Waals surface area contributed by atoms with Crippen LogP contribution in [-0.4, -0.2) is 16.2 Å². The highest BCUT2D eigenvalue weighted by atomic mass is 19.1. The minimum atomic E-state index is -0.262. The number of halogens is 1. The summed E-state index contributed by atoms with van der Waals surface area (Å²) in [6, 6.07) is 13.8. The maximum Gasteiger partial charge on any atom is 0.222 e. The number of hydrazone groups is 1. The summed E-state index contributed by atoms with van der Waals surface area (Å²) >= 11 is 0. The summed E-state index contributed by atoms with van der Waals surface area (Å²) in [7, 11) is 0. The first-order valence-corrected chi connectivity index (χ1v) is 5.81. The van der Waals surface area contributed by atoms with Gasteiger partial charge in [0.25, 0.3) is 0 Å². The minimum Gasteiger partial charge on any atom is -0.323 e. The zero-order valence-corrected chi connectivity index (χ0v) is 9.97. The molecule has 0 aliphatic heterocycles. The van der Waals surface area contributed by atoms with E-state index >= 15 is 0 Å². The van der Waals surface area contributed by atoms with Gasteiger partial charge in [-0.25, -0.2) is 14.8 Å². The van der Waals surface area contributed by atoms with Gasteiger partial charge >= 0.3 is 0 Å². The molecule has 3 rings (SSSR count). The van der Waals surface area contributed by atoms with Gasteiger partial charge in [0.2, 0.25) is 5.95 Å². The molecule has 0 saturated heterocycles. The molecule has 0 bridgehead atoms. The number of H-pyrrole nitrogens is 1. The van der Waals surface area contributed by atoms with Gasteiger partial charge in [-0.3, -0.25) is 0 Å². The van der Waals surface area contributed by atoms with Crippen LogP contribution in [0.25, 0.3) is 11.0 Å². The molecule has 2 aromatic carbocycles. The second-order valence-electron chi connectivity index (χ2n) is 4.02. The Morgan fingerprint density at radius 3 is 2.68 bits per heavy atom. The van der Waals surface area contributed by atoms with Crippen molar-refractivity contribution in [3.05, 3.63) is 59.9 Å². The Labute approximate surface area is 109 Å². The standard InChI is InChI=1S/C14H11FN4/c15-11-7-5-10(6-8-11)9-16-19-14-17-12-3-1-2-4-13(12)18-14/h1-9H,(H2,17,18,19)/b16-9-. The number of anilines is 1. The molecular weight excluding hydrogens is 243 g/mol. The number of aromatic amines is 1. The average molecular weight is 254 g/mol. The van der Waals surface area contributed by atoms with Crippen molar-refractivity contribution in [2.24, 2.45) is 5.10 Å². The van der Waals surface area contributed by atoms with E-state index in [9.17, 15) is 4.39 Å². The molecule has 0 spiro atoms. The SMILES string of the molecule is Fc1ccc(/C=N\Nc2nc3ccccc3[nH]2)cc1. The van der Waals surface area contributed by atoms with Gasteiger partial charge in [-0.2, -0.15) is 5.10 Å². The van der Waals surface area contributed by atoms with Crippen molar-refractivity contribution in [3.63, 3.8) is 0 Å². The Hall–Kier alpha value is -2.69. The summed E-state index contributed by atoms with van der Waals surface area (Å²) < 4.78 is 12.7. The van der Waals surface area contributed by atoms with E-state index in [2.05, 4.69) is 20.5 Å². The van der Waals surface area contributed by atoms with Crippen LogP contribution in [0.3, 0.4) is 0 Å². The highest BCUT2D eigenvalue weighted by molar-refractivity contribution is 5.80.